The molecule has 1 aliphatic rings. The maximum Gasteiger partial charge on any atom is 0.267 e. The number of nitrogens with zero attached hydrogens (tertiary/aromatic N) is 1. The number of ether oxygens (including phenoxy) is 2. The van der Waals surface area contributed by atoms with Crippen LogP contribution in [0.1, 0.15) is 33.6 Å². The Labute approximate surface area is 83.5 Å². The molecule has 1 rings (SSSR count). The highest BCUT2D eigenvalue weighted by Gasteiger charge is 2.49. The summed E-state index contributed by atoms with van der Waals surface area (Å²) in [5.41, 5.74) is -1.05. The van der Waals surface area contributed by atoms with Crippen LogP contribution in [-0.2, 0) is 9.47 Å². The average molecular weight is 203 g/mol. The lowest BCUT2D eigenvalue weighted by Crippen LogP contribution is -2.56. The number of hydrogen-bond donors (Lipinski definition) is 0. The third-order valence-electron chi connectivity index (χ3n) is 2.98. The van der Waals surface area contributed by atoms with Crippen molar-refractivity contribution in [1.29, 1.82) is 0 Å². The Balaban J connectivity index is 2.68. The van der Waals surface area contributed by atoms with E-state index in [0.29, 0.717) is 12.8 Å². The molecule has 0 unspecified atom stereocenters. The molecule has 0 aromatic carbocycles. The summed E-state index contributed by atoms with van der Waals surface area (Å²) in [6.45, 7) is 5.81. The van der Waals surface area contributed by atoms with Gasteiger partial charge in [0.1, 0.15) is 13.2 Å². The lowest BCUT2D eigenvalue weighted by Gasteiger charge is -2.39. The minimum absolute atomic E-state index is 0.140. The van der Waals surface area contributed by atoms with E-state index in [1.807, 2.05) is 13.8 Å². The summed E-state index contributed by atoms with van der Waals surface area (Å²) in [5.74, 6) is -0.644. The van der Waals surface area contributed by atoms with Gasteiger partial charge in [-0.1, -0.05) is 13.8 Å². The van der Waals surface area contributed by atoms with Gasteiger partial charge in [0, 0.05) is 11.3 Å². The molecule has 0 spiro atoms. The second kappa shape index (κ2) is 3.82. The summed E-state index contributed by atoms with van der Waals surface area (Å²) in [4.78, 5) is 10.6. The van der Waals surface area contributed by atoms with Crippen LogP contribution < -0.4 is 0 Å². The third kappa shape index (κ3) is 1.88. The molecular formula is C9H17NO4. The Morgan fingerprint density at radius 1 is 1.29 bits per heavy atom. The van der Waals surface area contributed by atoms with E-state index in [-0.39, 0.29) is 18.1 Å². The number of hydrogen-bond acceptors (Lipinski definition) is 4. The van der Waals surface area contributed by atoms with E-state index < -0.39 is 11.3 Å². The van der Waals surface area contributed by atoms with Crippen LogP contribution in [0, 0.1) is 10.1 Å². The fourth-order valence-corrected chi connectivity index (χ4v) is 1.30. The molecule has 0 aromatic rings. The second-order valence-corrected chi connectivity index (χ2v) is 3.90. The van der Waals surface area contributed by atoms with Crippen LogP contribution in [0.4, 0.5) is 0 Å². The Morgan fingerprint density at radius 3 is 2.07 bits per heavy atom. The minimum atomic E-state index is -1.05. The van der Waals surface area contributed by atoms with Crippen LogP contribution in [0.2, 0.25) is 0 Å². The fraction of sp³-hybridized carbons (Fsp3) is 1.00. The van der Waals surface area contributed by atoms with Crippen LogP contribution in [0.15, 0.2) is 0 Å². The molecule has 0 N–H and O–H groups in total. The molecule has 1 aliphatic heterocycles. The van der Waals surface area contributed by atoms with Crippen molar-refractivity contribution >= 4 is 0 Å². The Bertz CT molecular complexity index is 221. The van der Waals surface area contributed by atoms with Crippen molar-refractivity contribution in [1.82, 2.24) is 0 Å². The zero-order valence-electron chi connectivity index (χ0n) is 8.91. The molecule has 0 radical (unpaired) electrons. The molecule has 1 saturated heterocycles. The SMILES string of the molecule is CCC1(C)OCC(CC)([N+](=O)[O-])CO1. The summed E-state index contributed by atoms with van der Waals surface area (Å²) in [7, 11) is 0. The van der Waals surface area contributed by atoms with Crippen LogP contribution >= 0.6 is 0 Å². The van der Waals surface area contributed by atoms with Crippen LogP contribution in [0.3, 0.4) is 0 Å². The summed E-state index contributed by atoms with van der Waals surface area (Å²) in [6, 6.07) is 0. The Kier molecular flexibility index (Phi) is 3.11. The first-order valence-corrected chi connectivity index (χ1v) is 4.90. The van der Waals surface area contributed by atoms with E-state index in [1.54, 1.807) is 6.92 Å². The van der Waals surface area contributed by atoms with Crippen molar-refractivity contribution in [2.24, 2.45) is 0 Å². The first kappa shape index (κ1) is 11.4. The standard InChI is InChI=1S/C9H17NO4/c1-4-8(3)13-6-9(5-2,7-14-8)10(11)12/h4-7H2,1-3H3. The monoisotopic (exact) mass is 203 g/mol. The van der Waals surface area contributed by atoms with Gasteiger partial charge in [-0.2, -0.15) is 0 Å². The zero-order chi connectivity index (χ0) is 10.8. The van der Waals surface area contributed by atoms with Gasteiger partial charge in [-0.25, -0.2) is 0 Å². The number of rotatable bonds is 3. The highest BCUT2D eigenvalue weighted by Crippen LogP contribution is 2.30. The quantitative estimate of drug-likeness (QED) is 0.516. The zero-order valence-corrected chi connectivity index (χ0v) is 8.91. The van der Waals surface area contributed by atoms with Crippen LogP contribution in [-0.4, -0.2) is 29.5 Å². The summed E-state index contributed by atoms with van der Waals surface area (Å²) in [5, 5.41) is 10.9. The van der Waals surface area contributed by atoms with Gasteiger partial charge < -0.3 is 9.47 Å². The molecule has 0 bridgehead atoms. The molecule has 0 amide bonds. The topological polar surface area (TPSA) is 61.6 Å². The third-order valence-corrected chi connectivity index (χ3v) is 2.98. The lowest BCUT2D eigenvalue weighted by molar-refractivity contribution is -0.596. The van der Waals surface area contributed by atoms with E-state index in [4.69, 9.17) is 9.47 Å². The first-order chi connectivity index (χ1) is 6.48. The van der Waals surface area contributed by atoms with Crippen LogP contribution in [0.5, 0.6) is 0 Å². The largest absolute Gasteiger partial charge is 0.343 e. The fourth-order valence-electron chi connectivity index (χ4n) is 1.30. The lowest BCUT2D eigenvalue weighted by atomic mass is 9.97. The second-order valence-electron chi connectivity index (χ2n) is 3.90. The highest BCUT2D eigenvalue weighted by molar-refractivity contribution is 4.83. The average Bonchev–Trinajstić information content (AvgIpc) is 2.19. The molecule has 0 atom stereocenters. The molecule has 5 heteroatoms. The molecule has 0 aliphatic carbocycles. The van der Waals surface area contributed by atoms with E-state index in [0.717, 1.165) is 0 Å². The van der Waals surface area contributed by atoms with Crippen molar-refractivity contribution in [3.63, 3.8) is 0 Å². The van der Waals surface area contributed by atoms with Gasteiger partial charge in [0.25, 0.3) is 5.54 Å². The van der Waals surface area contributed by atoms with E-state index >= 15 is 0 Å². The van der Waals surface area contributed by atoms with Crippen molar-refractivity contribution < 1.29 is 14.4 Å². The Hall–Kier alpha value is -0.680. The van der Waals surface area contributed by atoms with Crippen molar-refractivity contribution in [2.75, 3.05) is 13.2 Å². The molecule has 82 valence electrons. The molecule has 1 fully saturated rings. The van der Waals surface area contributed by atoms with E-state index in [9.17, 15) is 10.1 Å². The van der Waals surface area contributed by atoms with Gasteiger partial charge in [-0.05, 0) is 13.3 Å². The maximum atomic E-state index is 10.9. The predicted octanol–water partition coefficient (Wildman–Crippen LogP) is 1.58. The maximum absolute atomic E-state index is 10.9. The van der Waals surface area contributed by atoms with Gasteiger partial charge >= 0.3 is 0 Å². The summed E-state index contributed by atoms with van der Waals surface area (Å²) >= 11 is 0. The Morgan fingerprint density at radius 2 is 1.79 bits per heavy atom. The van der Waals surface area contributed by atoms with Gasteiger partial charge in [0.15, 0.2) is 5.79 Å². The van der Waals surface area contributed by atoms with Gasteiger partial charge in [-0.3, -0.25) is 10.1 Å². The van der Waals surface area contributed by atoms with Crippen molar-refractivity contribution in [3.8, 4) is 0 Å². The van der Waals surface area contributed by atoms with Crippen molar-refractivity contribution in [3.05, 3.63) is 10.1 Å². The molecular weight excluding hydrogens is 186 g/mol. The molecule has 14 heavy (non-hydrogen) atoms. The molecule has 1 heterocycles. The summed E-state index contributed by atoms with van der Waals surface area (Å²) in [6.07, 6.45) is 1.13. The van der Waals surface area contributed by atoms with E-state index in [2.05, 4.69) is 0 Å². The van der Waals surface area contributed by atoms with Crippen LogP contribution in [0.25, 0.3) is 0 Å². The molecule has 5 nitrogen and oxygen atoms in total. The van der Waals surface area contributed by atoms with Gasteiger partial charge in [-0.15, -0.1) is 0 Å². The normalized spacial score (nSPS) is 38.2. The van der Waals surface area contributed by atoms with Gasteiger partial charge in [0.05, 0.1) is 0 Å². The first-order valence-electron chi connectivity index (χ1n) is 4.90. The smallest absolute Gasteiger partial charge is 0.267 e. The predicted molar refractivity (Wildman–Crippen MR) is 50.6 cm³/mol. The van der Waals surface area contributed by atoms with Crippen molar-refractivity contribution in [2.45, 2.75) is 44.9 Å². The molecule has 0 aromatic heterocycles. The number of nitro groups is 1. The van der Waals surface area contributed by atoms with E-state index in [1.165, 1.54) is 0 Å². The molecule has 0 saturated carbocycles. The minimum Gasteiger partial charge on any atom is -0.343 e. The highest BCUT2D eigenvalue weighted by atomic mass is 16.7. The summed E-state index contributed by atoms with van der Waals surface area (Å²) < 4.78 is 10.8. The van der Waals surface area contributed by atoms with Gasteiger partial charge in [0.2, 0.25) is 0 Å².